The molecule has 0 aliphatic carbocycles. The molecule has 0 radical (unpaired) electrons. The zero-order valence-electron chi connectivity index (χ0n) is 12.6. The largest absolute Gasteiger partial charge is 0.366 e. The summed E-state index contributed by atoms with van der Waals surface area (Å²) in [6, 6.07) is 5.76. The molecule has 0 spiro atoms. The van der Waals surface area contributed by atoms with Gasteiger partial charge in [-0.15, -0.1) is 0 Å². The number of carbonyl (C=O) groups excluding carboxylic acids is 1. The lowest BCUT2D eigenvalue weighted by molar-refractivity contribution is -0.385. The Morgan fingerprint density at radius 1 is 1.20 bits per heavy atom. The van der Waals surface area contributed by atoms with Crippen LogP contribution in [0.5, 0.6) is 0 Å². The van der Waals surface area contributed by atoms with E-state index in [0.717, 1.165) is 18.2 Å². The first-order chi connectivity index (χ1) is 11.5. The van der Waals surface area contributed by atoms with Crippen LogP contribution in [0.25, 0.3) is 0 Å². The quantitative estimate of drug-likeness (QED) is 0.584. The molecule has 3 N–H and O–H groups in total. The van der Waals surface area contributed by atoms with Gasteiger partial charge in [0.25, 0.3) is 15.7 Å². The number of benzene rings is 2. The molecule has 0 bridgehead atoms. The summed E-state index contributed by atoms with van der Waals surface area (Å²) >= 11 is 11.7. The Balaban J connectivity index is 2.49. The van der Waals surface area contributed by atoms with Crippen molar-refractivity contribution in [3.8, 4) is 0 Å². The number of anilines is 1. The average molecular weight is 404 g/mol. The molecular formula is C14H11Cl2N3O5S. The van der Waals surface area contributed by atoms with E-state index in [9.17, 15) is 23.3 Å². The van der Waals surface area contributed by atoms with Gasteiger partial charge < -0.3 is 5.73 Å². The van der Waals surface area contributed by atoms with Crippen LogP contribution in [0, 0.1) is 17.0 Å². The Morgan fingerprint density at radius 3 is 2.40 bits per heavy atom. The molecule has 1 amide bonds. The van der Waals surface area contributed by atoms with E-state index in [1.807, 2.05) is 0 Å². The smallest absolute Gasteiger partial charge is 0.275 e. The highest BCUT2D eigenvalue weighted by molar-refractivity contribution is 7.92. The standard InChI is InChI=1S/C14H11Cl2N3O5S/c1-7-12(16)5-9(6-13(7)19(21)22)25(23,24)18-8-2-3-11(15)10(4-8)14(17)20/h2-6,18H,1H3,(H2,17,20). The second-order valence-electron chi connectivity index (χ2n) is 4.97. The number of halogens is 2. The summed E-state index contributed by atoms with van der Waals surface area (Å²) in [5, 5.41) is 11.0. The summed E-state index contributed by atoms with van der Waals surface area (Å²) in [5.41, 5.74) is 4.81. The first-order valence-electron chi connectivity index (χ1n) is 6.59. The lowest BCUT2D eigenvalue weighted by Gasteiger charge is -2.11. The van der Waals surface area contributed by atoms with Gasteiger partial charge in [-0.3, -0.25) is 19.6 Å². The van der Waals surface area contributed by atoms with Gasteiger partial charge >= 0.3 is 0 Å². The molecule has 0 unspecified atom stereocenters. The molecule has 2 rings (SSSR count). The van der Waals surface area contributed by atoms with Gasteiger partial charge in [0.15, 0.2) is 0 Å². The Morgan fingerprint density at radius 2 is 1.84 bits per heavy atom. The van der Waals surface area contributed by atoms with E-state index in [4.69, 9.17) is 28.9 Å². The predicted molar refractivity (Wildman–Crippen MR) is 93.6 cm³/mol. The number of carbonyl (C=O) groups is 1. The highest BCUT2D eigenvalue weighted by Crippen LogP contribution is 2.30. The number of primary amides is 1. The van der Waals surface area contributed by atoms with Gasteiger partial charge in [-0.1, -0.05) is 23.2 Å². The molecule has 0 heterocycles. The van der Waals surface area contributed by atoms with Crippen LogP contribution in [-0.4, -0.2) is 19.2 Å². The number of sulfonamides is 1. The molecule has 0 saturated heterocycles. The molecular weight excluding hydrogens is 393 g/mol. The van der Waals surface area contributed by atoms with Crippen LogP contribution in [-0.2, 0) is 10.0 Å². The molecule has 2 aromatic carbocycles. The van der Waals surface area contributed by atoms with E-state index < -0.39 is 31.4 Å². The zero-order chi connectivity index (χ0) is 18.9. The third-order valence-corrected chi connectivity index (χ3v) is 5.36. The van der Waals surface area contributed by atoms with E-state index in [0.29, 0.717) is 0 Å². The molecule has 0 aliphatic heterocycles. The van der Waals surface area contributed by atoms with Crippen molar-refractivity contribution in [2.75, 3.05) is 4.72 Å². The van der Waals surface area contributed by atoms with Crippen molar-refractivity contribution >= 4 is 50.5 Å². The minimum Gasteiger partial charge on any atom is -0.366 e. The topological polar surface area (TPSA) is 132 Å². The molecule has 11 heteroatoms. The van der Waals surface area contributed by atoms with Crippen LogP contribution in [0.1, 0.15) is 15.9 Å². The molecule has 2 aromatic rings. The van der Waals surface area contributed by atoms with Gasteiger partial charge in [-0.25, -0.2) is 8.42 Å². The van der Waals surface area contributed by atoms with Crippen molar-refractivity contribution in [2.24, 2.45) is 5.73 Å². The summed E-state index contributed by atoms with van der Waals surface area (Å²) in [6.07, 6.45) is 0. The second kappa shape index (κ2) is 6.87. The SMILES string of the molecule is Cc1c(Cl)cc(S(=O)(=O)Nc2ccc(Cl)c(C(N)=O)c2)cc1[N+](=O)[O-]. The maximum absolute atomic E-state index is 12.5. The van der Waals surface area contributed by atoms with Gasteiger partial charge in [0.2, 0.25) is 5.91 Å². The fraction of sp³-hybridized carbons (Fsp3) is 0.0714. The lowest BCUT2D eigenvalue weighted by Crippen LogP contribution is -2.16. The van der Waals surface area contributed by atoms with Crippen LogP contribution < -0.4 is 10.5 Å². The van der Waals surface area contributed by atoms with Crippen molar-refractivity contribution < 1.29 is 18.1 Å². The van der Waals surface area contributed by atoms with Gasteiger partial charge in [0.1, 0.15) is 0 Å². The second-order valence-corrected chi connectivity index (χ2v) is 7.47. The van der Waals surface area contributed by atoms with Gasteiger partial charge in [-0.2, -0.15) is 0 Å². The van der Waals surface area contributed by atoms with Crippen LogP contribution in [0.3, 0.4) is 0 Å². The molecule has 25 heavy (non-hydrogen) atoms. The van der Waals surface area contributed by atoms with Crippen LogP contribution >= 0.6 is 23.2 Å². The minimum atomic E-state index is -4.20. The Kier molecular flexibility index (Phi) is 5.21. The number of rotatable bonds is 5. The molecule has 0 saturated carbocycles. The van der Waals surface area contributed by atoms with E-state index in [1.165, 1.54) is 19.1 Å². The van der Waals surface area contributed by atoms with E-state index in [1.54, 1.807) is 0 Å². The molecule has 0 fully saturated rings. The van der Waals surface area contributed by atoms with Crippen LogP contribution in [0.15, 0.2) is 35.2 Å². The van der Waals surface area contributed by atoms with Crippen molar-refractivity contribution in [3.05, 3.63) is 61.6 Å². The highest BCUT2D eigenvalue weighted by atomic mass is 35.5. The van der Waals surface area contributed by atoms with Crippen molar-refractivity contribution in [2.45, 2.75) is 11.8 Å². The van der Waals surface area contributed by atoms with Gasteiger partial charge in [-0.05, 0) is 31.2 Å². The summed E-state index contributed by atoms with van der Waals surface area (Å²) in [7, 11) is -4.20. The number of nitro groups is 1. The zero-order valence-corrected chi connectivity index (χ0v) is 14.9. The first kappa shape index (κ1) is 19.0. The summed E-state index contributed by atoms with van der Waals surface area (Å²) in [5.74, 6) is -0.833. The van der Waals surface area contributed by atoms with E-state index in [2.05, 4.69) is 4.72 Å². The van der Waals surface area contributed by atoms with Crippen molar-refractivity contribution in [1.82, 2.24) is 0 Å². The Labute approximate surface area is 152 Å². The van der Waals surface area contributed by atoms with Crippen LogP contribution in [0.4, 0.5) is 11.4 Å². The minimum absolute atomic E-state index is 0.0116. The number of hydrogen-bond acceptors (Lipinski definition) is 5. The summed E-state index contributed by atoms with van der Waals surface area (Å²) in [6.45, 7) is 1.41. The van der Waals surface area contributed by atoms with Gasteiger partial charge in [0.05, 0.1) is 25.4 Å². The lowest BCUT2D eigenvalue weighted by atomic mass is 10.2. The Hall–Kier alpha value is -2.36. The molecule has 8 nitrogen and oxygen atoms in total. The van der Waals surface area contributed by atoms with Gasteiger partial charge in [0, 0.05) is 17.3 Å². The summed E-state index contributed by atoms with van der Waals surface area (Å²) in [4.78, 5) is 21.2. The number of nitrogens with zero attached hydrogens (tertiary/aromatic N) is 1. The van der Waals surface area contributed by atoms with Crippen molar-refractivity contribution in [3.63, 3.8) is 0 Å². The third-order valence-electron chi connectivity index (χ3n) is 3.28. The third kappa shape index (κ3) is 4.01. The average Bonchev–Trinajstić information content (AvgIpc) is 2.50. The number of amides is 1. The first-order valence-corrected chi connectivity index (χ1v) is 8.83. The summed E-state index contributed by atoms with van der Waals surface area (Å²) < 4.78 is 27.1. The maximum atomic E-state index is 12.5. The number of nitrogens with two attached hydrogens (primary N) is 1. The van der Waals surface area contributed by atoms with Crippen LogP contribution in [0.2, 0.25) is 10.0 Å². The molecule has 132 valence electrons. The van der Waals surface area contributed by atoms with Crippen molar-refractivity contribution in [1.29, 1.82) is 0 Å². The van der Waals surface area contributed by atoms with E-state index in [-0.39, 0.29) is 26.9 Å². The fourth-order valence-electron chi connectivity index (χ4n) is 1.98. The Bertz CT molecular complexity index is 992. The monoisotopic (exact) mass is 403 g/mol. The number of nitrogens with one attached hydrogen (secondary N) is 1. The predicted octanol–water partition coefficient (Wildman–Crippen LogP) is 3.11. The maximum Gasteiger partial charge on any atom is 0.275 e. The molecule has 0 aromatic heterocycles. The molecule has 0 aliphatic rings. The van der Waals surface area contributed by atoms with E-state index >= 15 is 0 Å². The number of nitro benzene ring substituents is 1. The number of hydrogen-bond donors (Lipinski definition) is 2. The highest BCUT2D eigenvalue weighted by Gasteiger charge is 2.23. The normalized spacial score (nSPS) is 11.2. The molecule has 0 atom stereocenters. The fourth-order valence-corrected chi connectivity index (χ4v) is 3.56.